The summed E-state index contributed by atoms with van der Waals surface area (Å²) in [7, 11) is -3.72. The standard InChI is InChI=1S/C17H17FN2O2S/c1-2-15(12-6-4-3-5-7-12)20-23(21,22)17-11-13-10-14(18)8-9-16(13)19-17/h3-11,15,19-20H,2H2,1H3. The van der Waals surface area contributed by atoms with Gasteiger partial charge in [-0.15, -0.1) is 0 Å². The van der Waals surface area contributed by atoms with Gasteiger partial charge in [-0.3, -0.25) is 0 Å². The summed E-state index contributed by atoms with van der Waals surface area (Å²) < 4.78 is 41.1. The van der Waals surface area contributed by atoms with Crippen molar-refractivity contribution in [2.24, 2.45) is 0 Å². The molecule has 120 valence electrons. The van der Waals surface area contributed by atoms with Gasteiger partial charge in [0.15, 0.2) is 0 Å². The van der Waals surface area contributed by atoms with Gasteiger partial charge in [-0.2, -0.15) is 0 Å². The van der Waals surface area contributed by atoms with Gasteiger partial charge in [0, 0.05) is 16.9 Å². The number of sulfonamides is 1. The SMILES string of the molecule is CCC(NS(=O)(=O)c1cc2cc(F)ccc2[nH]1)c1ccccc1. The molecule has 0 radical (unpaired) electrons. The minimum Gasteiger partial charge on any atom is -0.345 e. The average Bonchev–Trinajstić information content (AvgIpc) is 2.97. The predicted molar refractivity (Wildman–Crippen MR) is 88.1 cm³/mol. The number of hydrogen-bond acceptors (Lipinski definition) is 2. The van der Waals surface area contributed by atoms with Crippen molar-refractivity contribution in [3.63, 3.8) is 0 Å². The first-order valence-electron chi connectivity index (χ1n) is 7.35. The number of halogens is 1. The highest BCUT2D eigenvalue weighted by Crippen LogP contribution is 2.23. The Bertz CT molecular complexity index is 920. The van der Waals surface area contributed by atoms with Gasteiger partial charge >= 0.3 is 0 Å². The zero-order valence-electron chi connectivity index (χ0n) is 12.6. The van der Waals surface area contributed by atoms with Crippen LogP contribution in [0.5, 0.6) is 0 Å². The van der Waals surface area contributed by atoms with E-state index < -0.39 is 15.8 Å². The summed E-state index contributed by atoms with van der Waals surface area (Å²) in [4.78, 5) is 2.83. The molecule has 2 aromatic carbocycles. The topological polar surface area (TPSA) is 62.0 Å². The maximum Gasteiger partial charge on any atom is 0.256 e. The lowest BCUT2D eigenvalue weighted by Crippen LogP contribution is -2.28. The van der Waals surface area contributed by atoms with Gasteiger partial charge in [0.1, 0.15) is 10.8 Å². The second-order valence-electron chi connectivity index (χ2n) is 5.36. The van der Waals surface area contributed by atoms with E-state index in [0.29, 0.717) is 17.3 Å². The molecule has 0 saturated heterocycles. The van der Waals surface area contributed by atoms with Gasteiger partial charge in [-0.05, 0) is 36.2 Å². The zero-order valence-corrected chi connectivity index (χ0v) is 13.4. The summed E-state index contributed by atoms with van der Waals surface area (Å²) in [5, 5.41) is 0.561. The summed E-state index contributed by atoms with van der Waals surface area (Å²) in [5.41, 5.74) is 1.49. The van der Waals surface area contributed by atoms with E-state index in [0.717, 1.165) is 5.56 Å². The van der Waals surface area contributed by atoms with Gasteiger partial charge in [0.25, 0.3) is 10.0 Å². The van der Waals surface area contributed by atoms with E-state index in [1.807, 2.05) is 37.3 Å². The molecular weight excluding hydrogens is 315 g/mol. The molecule has 6 heteroatoms. The largest absolute Gasteiger partial charge is 0.345 e. The van der Waals surface area contributed by atoms with E-state index >= 15 is 0 Å². The average molecular weight is 332 g/mol. The molecule has 0 aliphatic rings. The first-order valence-corrected chi connectivity index (χ1v) is 8.83. The number of aromatic nitrogens is 1. The third-order valence-electron chi connectivity index (χ3n) is 3.76. The maximum absolute atomic E-state index is 13.2. The highest BCUT2D eigenvalue weighted by atomic mass is 32.2. The Balaban J connectivity index is 1.93. The first kappa shape index (κ1) is 15.7. The lowest BCUT2D eigenvalue weighted by molar-refractivity contribution is 0.547. The monoisotopic (exact) mass is 332 g/mol. The van der Waals surface area contributed by atoms with Crippen LogP contribution in [0.3, 0.4) is 0 Å². The van der Waals surface area contributed by atoms with Crippen LogP contribution in [0.15, 0.2) is 59.6 Å². The van der Waals surface area contributed by atoms with Crippen molar-refractivity contribution >= 4 is 20.9 Å². The van der Waals surface area contributed by atoms with Gasteiger partial charge < -0.3 is 4.98 Å². The summed E-state index contributed by atoms with van der Waals surface area (Å²) in [6, 6.07) is 14.7. The number of nitrogens with one attached hydrogen (secondary N) is 2. The second-order valence-corrected chi connectivity index (χ2v) is 7.04. The van der Waals surface area contributed by atoms with E-state index in [1.54, 1.807) is 0 Å². The van der Waals surface area contributed by atoms with E-state index in [2.05, 4.69) is 9.71 Å². The van der Waals surface area contributed by atoms with Crippen molar-refractivity contribution in [1.82, 2.24) is 9.71 Å². The molecule has 0 spiro atoms. The molecule has 0 amide bonds. The summed E-state index contributed by atoms with van der Waals surface area (Å²) in [5.74, 6) is -0.399. The van der Waals surface area contributed by atoms with Crippen LogP contribution in [0.1, 0.15) is 24.9 Å². The van der Waals surface area contributed by atoms with Gasteiger partial charge in [-0.1, -0.05) is 37.3 Å². The van der Waals surface area contributed by atoms with Crippen molar-refractivity contribution in [2.45, 2.75) is 24.4 Å². The summed E-state index contributed by atoms with van der Waals surface area (Å²) in [6.07, 6.45) is 0.623. The van der Waals surface area contributed by atoms with Crippen LogP contribution in [-0.2, 0) is 10.0 Å². The predicted octanol–water partition coefficient (Wildman–Crippen LogP) is 3.74. The van der Waals surface area contributed by atoms with E-state index in [-0.39, 0.29) is 11.1 Å². The van der Waals surface area contributed by atoms with Crippen LogP contribution in [0.4, 0.5) is 4.39 Å². The van der Waals surface area contributed by atoms with Crippen molar-refractivity contribution in [3.8, 4) is 0 Å². The van der Waals surface area contributed by atoms with Gasteiger partial charge in [-0.25, -0.2) is 17.5 Å². The van der Waals surface area contributed by atoms with E-state index in [9.17, 15) is 12.8 Å². The molecule has 0 fully saturated rings. The third kappa shape index (κ3) is 3.28. The molecule has 1 heterocycles. The molecule has 2 N–H and O–H groups in total. The number of hydrogen-bond donors (Lipinski definition) is 2. The fourth-order valence-corrected chi connectivity index (χ4v) is 3.88. The van der Waals surface area contributed by atoms with Crippen LogP contribution in [0.25, 0.3) is 10.9 Å². The Morgan fingerprint density at radius 3 is 2.57 bits per heavy atom. The normalized spacial score (nSPS) is 13.3. The third-order valence-corrected chi connectivity index (χ3v) is 5.15. The quantitative estimate of drug-likeness (QED) is 0.748. The molecule has 1 aromatic heterocycles. The smallest absolute Gasteiger partial charge is 0.256 e. The number of aromatic amines is 1. The number of benzene rings is 2. The van der Waals surface area contributed by atoms with Crippen molar-refractivity contribution in [3.05, 3.63) is 66.0 Å². The van der Waals surface area contributed by atoms with Crippen molar-refractivity contribution in [2.75, 3.05) is 0 Å². The highest BCUT2D eigenvalue weighted by Gasteiger charge is 2.22. The number of H-pyrrole nitrogens is 1. The van der Waals surface area contributed by atoms with E-state index in [4.69, 9.17) is 0 Å². The number of fused-ring (bicyclic) bond motifs is 1. The molecule has 1 unspecified atom stereocenters. The van der Waals surface area contributed by atoms with Crippen molar-refractivity contribution in [1.29, 1.82) is 0 Å². The summed E-state index contributed by atoms with van der Waals surface area (Å²) in [6.45, 7) is 1.92. The molecule has 4 nitrogen and oxygen atoms in total. The fraction of sp³-hybridized carbons (Fsp3) is 0.176. The van der Waals surface area contributed by atoms with Crippen LogP contribution >= 0.6 is 0 Å². The Hall–Kier alpha value is -2.18. The van der Waals surface area contributed by atoms with Crippen molar-refractivity contribution < 1.29 is 12.8 Å². The fourth-order valence-electron chi connectivity index (χ4n) is 2.54. The lowest BCUT2D eigenvalue weighted by atomic mass is 10.1. The maximum atomic E-state index is 13.2. The lowest BCUT2D eigenvalue weighted by Gasteiger charge is -2.16. The molecule has 0 aliphatic heterocycles. The van der Waals surface area contributed by atoms with Gasteiger partial charge in [0.2, 0.25) is 0 Å². The molecule has 23 heavy (non-hydrogen) atoms. The Kier molecular flexibility index (Phi) is 4.19. The molecular formula is C17H17FN2O2S. The molecule has 3 aromatic rings. The van der Waals surface area contributed by atoms with Crippen LogP contribution in [0, 0.1) is 5.82 Å². The molecule has 0 bridgehead atoms. The molecule has 1 atom stereocenters. The molecule has 3 rings (SSSR count). The van der Waals surface area contributed by atoms with Crippen LogP contribution in [-0.4, -0.2) is 13.4 Å². The van der Waals surface area contributed by atoms with Crippen LogP contribution < -0.4 is 4.72 Å². The molecule has 0 saturated carbocycles. The first-order chi connectivity index (χ1) is 11.0. The number of rotatable bonds is 5. The Labute approximate surface area is 134 Å². The molecule has 0 aliphatic carbocycles. The van der Waals surface area contributed by atoms with E-state index in [1.165, 1.54) is 24.3 Å². The second kappa shape index (κ2) is 6.14. The Morgan fingerprint density at radius 2 is 1.87 bits per heavy atom. The highest BCUT2D eigenvalue weighted by molar-refractivity contribution is 7.89. The van der Waals surface area contributed by atoms with Gasteiger partial charge in [0.05, 0.1) is 0 Å². The minimum atomic E-state index is -3.72. The minimum absolute atomic E-state index is 0.0347. The summed E-state index contributed by atoms with van der Waals surface area (Å²) >= 11 is 0. The Morgan fingerprint density at radius 1 is 1.13 bits per heavy atom. The zero-order chi connectivity index (χ0) is 16.4. The van der Waals surface area contributed by atoms with Crippen LogP contribution in [0.2, 0.25) is 0 Å².